The molecule has 2 rings (SSSR count). The highest BCUT2D eigenvalue weighted by Gasteiger charge is 2.14. The second-order valence-electron chi connectivity index (χ2n) is 5.85. The van der Waals surface area contributed by atoms with Gasteiger partial charge in [-0.3, -0.25) is 4.79 Å². The van der Waals surface area contributed by atoms with E-state index in [9.17, 15) is 13.2 Å². The summed E-state index contributed by atoms with van der Waals surface area (Å²) in [4.78, 5) is 12.2. The van der Waals surface area contributed by atoms with Gasteiger partial charge in [-0.05, 0) is 36.6 Å². The highest BCUT2D eigenvalue weighted by atomic mass is 32.2. The van der Waals surface area contributed by atoms with Crippen LogP contribution in [-0.2, 0) is 21.2 Å². The van der Waals surface area contributed by atoms with Gasteiger partial charge in [-0.15, -0.1) is 0 Å². The van der Waals surface area contributed by atoms with E-state index in [-0.39, 0.29) is 29.8 Å². The van der Waals surface area contributed by atoms with E-state index in [0.29, 0.717) is 0 Å². The number of sulfonamides is 1. The molecule has 134 valence electrons. The van der Waals surface area contributed by atoms with Crippen LogP contribution in [0.15, 0.2) is 59.5 Å². The molecule has 0 radical (unpaired) electrons. The number of aryl methyl sites for hydroxylation is 1. The van der Waals surface area contributed by atoms with Crippen molar-refractivity contribution in [3.63, 3.8) is 0 Å². The van der Waals surface area contributed by atoms with E-state index in [1.807, 2.05) is 31.2 Å². The van der Waals surface area contributed by atoms with Crippen LogP contribution in [0.3, 0.4) is 0 Å². The molecule has 0 saturated carbocycles. The Labute approximate surface area is 149 Å². The molecular weight excluding hydrogens is 336 g/mol. The molecule has 0 bridgehead atoms. The van der Waals surface area contributed by atoms with E-state index in [2.05, 4.69) is 17.0 Å². The molecule has 0 fully saturated rings. The van der Waals surface area contributed by atoms with Crippen molar-refractivity contribution < 1.29 is 13.2 Å². The Morgan fingerprint density at radius 2 is 1.68 bits per heavy atom. The van der Waals surface area contributed by atoms with Crippen LogP contribution in [0.25, 0.3) is 0 Å². The smallest absolute Gasteiger partial charge is 0.240 e. The van der Waals surface area contributed by atoms with Gasteiger partial charge in [0.05, 0.1) is 10.9 Å². The van der Waals surface area contributed by atoms with Crippen molar-refractivity contribution in [2.24, 2.45) is 0 Å². The lowest BCUT2D eigenvalue weighted by molar-refractivity contribution is -0.121. The van der Waals surface area contributed by atoms with Crippen LogP contribution in [0, 0.1) is 0 Å². The van der Waals surface area contributed by atoms with E-state index in [0.717, 1.165) is 12.0 Å². The van der Waals surface area contributed by atoms with Gasteiger partial charge < -0.3 is 5.32 Å². The minimum atomic E-state index is -3.57. The lowest BCUT2D eigenvalue weighted by atomic mass is 10.0. The third kappa shape index (κ3) is 5.69. The fourth-order valence-corrected chi connectivity index (χ4v) is 3.47. The van der Waals surface area contributed by atoms with Gasteiger partial charge in [0.15, 0.2) is 0 Å². The maximum absolute atomic E-state index is 12.1. The number of benzene rings is 2. The van der Waals surface area contributed by atoms with Crippen molar-refractivity contribution in [2.45, 2.75) is 37.6 Å². The summed E-state index contributed by atoms with van der Waals surface area (Å²) in [5.41, 5.74) is 2.27. The Kier molecular flexibility index (Phi) is 6.73. The largest absolute Gasteiger partial charge is 0.350 e. The van der Waals surface area contributed by atoms with Gasteiger partial charge in [0.2, 0.25) is 15.9 Å². The normalized spacial score (nSPS) is 12.6. The van der Waals surface area contributed by atoms with E-state index in [1.165, 1.54) is 17.7 Å². The molecule has 1 atom stereocenters. The Balaban J connectivity index is 1.82. The van der Waals surface area contributed by atoms with Gasteiger partial charge in [0.25, 0.3) is 0 Å². The summed E-state index contributed by atoms with van der Waals surface area (Å²) in [5, 5.41) is 2.89. The zero-order chi connectivity index (χ0) is 18.3. The SMILES string of the molecule is CCc1ccc(C(C)NC(=O)CCNS(=O)(=O)c2ccccc2)cc1. The summed E-state index contributed by atoms with van der Waals surface area (Å²) in [7, 11) is -3.57. The lowest BCUT2D eigenvalue weighted by Crippen LogP contribution is -2.32. The van der Waals surface area contributed by atoms with Crippen molar-refractivity contribution >= 4 is 15.9 Å². The highest BCUT2D eigenvalue weighted by molar-refractivity contribution is 7.89. The zero-order valence-electron chi connectivity index (χ0n) is 14.5. The van der Waals surface area contributed by atoms with E-state index in [4.69, 9.17) is 0 Å². The Bertz CT molecular complexity index is 787. The molecule has 2 aromatic carbocycles. The number of rotatable bonds is 8. The second kappa shape index (κ2) is 8.78. The number of carbonyl (C=O) groups is 1. The van der Waals surface area contributed by atoms with E-state index in [1.54, 1.807) is 18.2 Å². The number of nitrogens with one attached hydrogen (secondary N) is 2. The molecule has 2 N–H and O–H groups in total. The third-order valence-corrected chi connectivity index (χ3v) is 5.44. The first-order valence-electron chi connectivity index (χ1n) is 8.35. The minimum absolute atomic E-state index is 0.0601. The van der Waals surface area contributed by atoms with Gasteiger partial charge in [-0.25, -0.2) is 13.1 Å². The average molecular weight is 360 g/mol. The zero-order valence-corrected chi connectivity index (χ0v) is 15.3. The van der Waals surface area contributed by atoms with Gasteiger partial charge in [-0.2, -0.15) is 0 Å². The van der Waals surface area contributed by atoms with Gasteiger partial charge >= 0.3 is 0 Å². The van der Waals surface area contributed by atoms with Crippen LogP contribution in [0.2, 0.25) is 0 Å². The first-order chi connectivity index (χ1) is 11.9. The molecule has 0 aromatic heterocycles. The van der Waals surface area contributed by atoms with Gasteiger partial charge in [-0.1, -0.05) is 49.4 Å². The van der Waals surface area contributed by atoms with E-state index >= 15 is 0 Å². The van der Waals surface area contributed by atoms with Crippen LogP contribution in [0.1, 0.15) is 37.4 Å². The molecule has 2 aromatic rings. The molecule has 0 saturated heterocycles. The predicted octanol–water partition coefficient (Wildman–Crippen LogP) is 2.79. The summed E-state index contributed by atoms with van der Waals surface area (Å²) in [6.07, 6.45) is 1.06. The molecule has 25 heavy (non-hydrogen) atoms. The Morgan fingerprint density at radius 3 is 2.28 bits per heavy atom. The lowest BCUT2D eigenvalue weighted by Gasteiger charge is -2.15. The monoisotopic (exact) mass is 360 g/mol. The highest BCUT2D eigenvalue weighted by Crippen LogP contribution is 2.14. The number of hydrogen-bond donors (Lipinski definition) is 2. The molecule has 1 amide bonds. The molecule has 0 heterocycles. The second-order valence-corrected chi connectivity index (χ2v) is 7.61. The van der Waals surface area contributed by atoms with Crippen molar-refractivity contribution in [2.75, 3.05) is 6.54 Å². The summed E-state index contributed by atoms with van der Waals surface area (Å²) >= 11 is 0. The molecule has 0 aliphatic rings. The van der Waals surface area contributed by atoms with Crippen molar-refractivity contribution in [3.05, 3.63) is 65.7 Å². The standard InChI is InChI=1S/C19H24N2O3S/c1-3-16-9-11-17(12-10-16)15(2)21-19(22)13-14-20-25(23,24)18-7-5-4-6-8-18/h4-12,15,20H,3,13-14H2,1-2H3,(H,21,22). The maximum atomic E-state index is 12.1. The number of hydrogen-bond acceptors (Lipinski definition) is 3. The van der Waals surface area contributed by atoms with Crippen molar-refractivity contribution in [1.82, 2.24) is 10.0 Å². The summed E-state index contributed by atoms with van der Waals surface area (Å²) in [6.45, 7) is 4.06. The topological polar surface area (TPSA) is 75.3 Å². The summed E-state index contributed by atoms with van der Waals surface area (Å²) in [6, 6.07) is 16.1. The van der Waals surface area contributed by atoms with Crippen LogP contribution in [-0.4, -0.2) is 20.9 Å². The van der Waals surface area contributed by atoms with Crippen LogP contribution in [0.4, 0.5) is 0 Å². The van der Waals surface area contributed by atoms with Crippen molar-refractivity contribution in [3.8, 4) is 0 Å². The summed E-state index contributed by atoms with van der Waals surface area (Å²) in [5.74, 6) is -0.192. The molecule has 0 aliphatic heterocycles. The van der Waals surface area contributed by atoms with Crippen molar-refractivity contribution in [1.29, 1.82) is 0 Å². The number of carbonyl (C=O) groups excluding carboxylic acids is 1. The van der Waals surface area contributed by atoms with Crippen LogP contribution in [0.5, 0.6) is 0 Å². The van der Waals surface area contributed by atoms with Crippen LogP contribution >= 0.6 is 0 Å². The molecule has 0 spiro atoms. The Morgan fingerprint density at radius 1 is 1.04 bits per heavy atom. The average Bonchev–Trinajstić information content (AvgIpc) is 2.62. The Hall–Kier alpha value is -2.18. The van der Waals surface area contributed by atoms with Gasteiger partial charge in [0, 0.05) is 13.0 Å². The number of amides is 1. The molecule has 0 aliphatic carbocycles. The van der Waals surface area contributed by atoms with Gasteiger partial charge in [0.1, 0.15) is 0 Å². The first-order valence-corrected chi connectivity index (χ1v) is 9.83. The molecule has 5 nitrogen and oxygen atoms in total. The van der Waals surface area contributed by atoms with E-state index < -0.39 is 10.0 Å². The predicted molar refractivity (Wildman–Crippen MR) is 98.6 cm³/mol. The molecule has 1 unspecified atom stereocenters. The quantitative estimate of drug-likeness (QED) is 0.760. The summed E-state index contributed by atoms with van der Waals surface area (Å²) < 4.78 is 26.6. The minimum Gasteiger partial charge on any atom is -0.350 e. The van der Waals surface area contributed by atoms with Crippen LogP contribution < -0.4 is 10.0 Å². The fraction of sp³-hybridized carbons (Fsp3) is 0.316. The molecular formula is C19H24N2O3S. The third-order valence-electron chi connectivity index (χ3n) is 3.96. The fourth-order valence-electron chi connectivity index (χ4n) is 2.42. The first kappa shape index (κ1) is 19.1. The molecule has 6 heteroatoms. The maximum Gasteiger partial charge on any atom is 0.240 e.